The number of fused-ring (bicyclic) bond motifs is 3. The molecule has 4 rings (SSSR count). The minimum atomic E-state index is -2.63. The van der Waals surface area contributed by atoms with E-state index in [9.17, 15) is 43.6 Å². The normalized spacial score (nSPS) is 26.1. The zero-order valence-electron chi connectivity index (χ0n) is 18.9. The number of hydrogen-bond donors (Lipinski definition) is 6. The number of rotatable bonds is 6. The summed E-state index contributed by atoms with van der Waals surface area (Å²) in [6.45, 7) is 1.13. The van der Waals surface area contributed by atoms with Gasteiger partial charge in [-0.25, -0.2) is 8.78 Å². The maximum atomic E-state index is 13.5. The lowest BCUT2D eigenvalue weighted by molar-refractivity contribution is -0.147. The molecule has 9 nitrogen and oxygen atoms in total. The molecule has 1 saturated carbocycles. The molecule has 1 aromatic rings. The van der Waals surface area contributed by atoms with Gasteiger partial charge in [-0.15, -0.1) is 0 Å². The van der Waals surface area contributed by atoms with Gasteiger partial charge in [-0.2, -0.15) is 0 Å². The average Bonchev–Trinajstić information content (AvgIpc) is 2.77. The molecule has 1 aromatic carbocycles. The molecule has 1 amide bonds. The molecule has 3 aliphatic rings. The van der Waals surface area contributed by atoms with Gasteiger partial charge in [-0.3, -0.25) is 14.4 Å². The Balaban J connectivity index is 1.86. The molecular weight excluding hydrogens is 466 g/mol. The maximum absolute atomic E-state index is 13.5. The smallest absolute Gasteiger partial charge is 0.255 e. The molecule has 11 heteroatoms. The van der Waals surface area contributed by atoms with E-state index in [1.165, 1.54) is 0 Å². The lowest BCUT2D eigenvalue weighted by atomic mass is 9.59. The first-order chi connectivity index (χ1) is 16.4. The summed E-state index contributed by atoms with van der Waals surface area (Å²) in [5.41, 5.74) is 2.98. The van der Waals surface area contributed by atoms with Crippen molar-refractivity contribution in [2.24, 2.45) is 17.6 Å². The monoisotopic (exact) mass is 492 g/mol. The van der Waals surface area contributed by atoms with Crippen LogP contribution in [0.5, 0.6) is 5.75 Å². The van der Waals surface area contributed by atoms with Crippen molar-refractivity contribution in [1.82, 2.24) is 5.32 Å². The number of hydrogen-bond acceptors (Lipinski definition) is 8. The van der Waals surface area contributed by atoms with Gasteiger partial charge in [0.15, 0.2) is 11.4 Å². The number of Topliss-reactive ketones (excluding diaryl/α,β-unsaturated/α-hetero) is 2. The summed E-state index contributed by atoms with van der Waals surface area (Å²) in [6.07, 6.45) is -2.24. The molecule has 0 radical (unpaired) electrons. The Bertz CT molecular complexity index is 1210. The largest absolute Gasteiger partial charge is 0.508 e. The van der Waals surface area contributed by atoms with Gasteiger partial charge in [0.05, 0.1) is 12.1 Å². The Morgan fingerprint density at radius 2 is 1.91 bits per heavy atom. The van der Waals surface area contributed by atoms with Gasteiger partial charge in [-0.1, -0.05) is 13.0 Å². The number of carbonyl (C=O) groups excluding carboxylic acids is 3. The molecule has 0 bridgehead atoms. The molecule has 0 aliphatic heterocycles. The third-order valence-electron chi connectivity index (χ3n) is 7.23. The third kappa shape index (κ3) is 3.69. The summed E-state index contributed by atoms with van der Waals surface area (Å²) in [6, 6.07) is 1.66. The molecule has 0 saturated heterocycles. The Morgan fingerprint density at radius 1 is 1.23 bits per heavy atom. The van der Waals surface area contributed by atoms with Crippen molar-refractivity contribution < 1.29 is 43.6 Å². The van der Waals surface area contributed by atoms with E-state index in [-0.39, 0.29) is 48.3 Å². The number of nitrogens with one attached hydrogen (secondary N) is 1. The third-order valence-corrected chi connectivity index (χ3v) is 7.23. The predicted molar refractivity (Wildman–Crippen MR) is 118 cm³/mol. The van der Waals surface area contributed by atoms with E-state index in [1.807, 2.05) is 6.92 Å². The highest BCUT2D eigenvalue weighted by Crippen LogP contribution is 2.52. The van der Waals surface area contributed by atoms with Crippen LogP contribution < -0.4 is 11.1 Å². The number of primary amides is 1. The van der Waals surface area contributed by atoms with E-state index in [1.54, 1.807) is 6.07 Å². The number of nitrogens with two attached hydrogens (primary N) is 1. The molecule has 7 N–H and O–H groups in total. The minimum absolute atomic E-state index is 0.0367. The first kappa shape index (κ1) is 24.8. The summed E-state index contributed by atoms with van der Waals surface area (Å²) >= 11 is 0. The van der Waals surface area contributed by atoms with Crippen LogP contribution in [-0.4, -0.2) is 56.5 Å². The number of halogens is 2. The highest BCUT2D eigenvalue weighted by atomic mass is 19.3. The second-order valence-electron chi connectivity index (χ2n) is 9.18. The van der Waals surface area contributed by atoms with Gasteiger partial charge in [0, 0.05) is 30.0 Å². The second-order valence-corrected chi connectivity index (χ2v) is 9.18. The summed E-state index contributed by atoms with van der Waals surface area (Å²) in [7, 11) is 0. The molecule has 3 atom stereocenters. The fourth-order valence-electron chi connectivity index (χ4n) is 5.59. The SMILES string of the molecule is CCc1cc(CNCC(F)F)c(O)c2c1CC1CC3CC(=O)C(C(N)=O)=C(O)C3(O)C(=O)C1=C2O. The molecule has 35 heavy (non-hydrogen) atoms. The molecule has 188 valence electrons. The number of aliphatic hydroxyl groups excluding tert-OH is 2. The molecule has 0 spiro atoms. The van der Waals surface area contributed by atoms with Crippen LogP contribution in [0.3, 0.4) is 0 Å². The van der Waals surface area contributed by atoms with E-state index in [4.69, 9.17) is 5.73 Å². The van der Waals surface area contributed by atoms with Crippen LogP contribution in [0.1, 0.15) is 42.0 Å². The molecule has 1 fully saturated rings. The van der Waals surface area contributed by atoms with Crippen molar-refractivity contribution >= 4 is 23.2 Å². The molecule has 0 heterocycles. The Kier molecular flexibility index (Phi) is 6.18. The highest BCUT2D eigenvalue weighted by Gasteiger charge is 2.60. The van der Waals surface area contributed by atoms with Crippen molar-refractivity contribution in [3.8, 4) is 5.75 Å². The number of carbonyl (C=O) groups is 3. The average molecular weight is 492 g/mol. The number of amides is 1. The molecule has 0 aromatic heterocycles. The lowest BCUT2D eigenvalue weighted by Gasteiger charge is -2.46. The Labute approximate surface area is 198 Å². The number of phenolic OH excluding ortho intramolecular Hbond substituents is 1. The molecule has 3 unspecified atom stereocenters. The maximum Gasteiger partial charge on any atom is 0.255 e. The van der Waals surface area contributed by atoms with Gasteiger partial charge in [0.1, 0.15) is 22.8 Å². The number of aliphatic hydroxyl groups is 3. The Morgan fingerprint density at radius 3 is 2.51 bits per heavy atom. The number of aryl methyl sites for hydroxylation is 1. The topological polar surface area (TPSA) is 170 Å². The highest BCUT2D eigenvalue weighted by molar-refractivity contribution is 6.22. The van der Waals surface area contributed by atoms with Crippen molar-refractivity contribution in [3.05, 3.63) is 45.2 Å². The number of ketones is 2. The van der Waals surface area contributed by atoms with Crippen LogP contribution in [0, 0.1) is 11.8 Å². The summed E-state index contributed by atoms with van der Waals surface area (Å²) in [4.78, 5) is 37.6. The van der Waals surface area contributed by atoms with Crippen molar-refractivity contribution in [2.75, 3.05) is 6.54 Å². The second kappa shape index (κ2) is 8.72. The first-order valence-electron chi connectivity index (χ1n) is 11.3. The number of benzene rings is 1. The van der Waals surface area contributed by atoms with Crippen LogP contribution in [0.4, 0.5) is 8.78 Å². The quantitative estimate of drug-likeness (QED) is 0.323. The predicted octanol–water partition coefficient (Wildman–Crippen LogP) is 1.34. The van der Waals surface area contributed by atoms with Crippen molar-refractivity contribution in [3.63, 3.8) is 0 Å². The lowest BCUT2D eigenvalue weighted by Crippen LogP contribution is -2.58. The van der Waals surface area contributed by atoms with Crippen molar-refractivity contribution in [1.29, 1.82) is 0 Å². The fourth-order valence-corrected chi connectivity index (χ4v) is 5.59. The summed E-state index contributed by atoms with van der Waals surface area (Å²) in [5.74, 6) is -6.92. The van der Waals surface area contributed by atoms with E-state index in [2.05, 4.69) is 5.32 Å². The van der Waals surface area contributed by atoms with Crippen LogP contribution in [0.25, 0.3) is 5.76 Å². The van der Waals surface area contributed by atoms with E-state index < -0.39 is 65.0 Å². The van der Waals surface area contributed by atoms with E-state index >= 15 is 0 Å². The standard InChI is InChI=1S/C24H26F2N2O7/c1-2-9-3-11(7-28-8-15(25)26)19(30)17-13(9)5-10-4-12-6-14(29)18(23(27)34)22(33)24(12,35)21(32)16(10)20(17)31/h3,10,12,15,28,30-31,33,35H,2,4-8H2,1H3,(H2,27,34). The number of aromatic hydroxyl groups is 1. The first-order valence-corrected chi connectivity index (χ1v) is 11.3. The van der Waals surface area contributed by atoms with Crippen molar-refractivity contribution in [2.45, 2.75) is 51.2 Å². The van der Waals surface area contributed by atoms with Crippen LogP contribution in [0.2, 0.25) is 0 Å². The molecular formula is C24H26F2N2O7. The zero-order chi connectivity index (χ0) is 25.8. The number of alkyl halides is 2. The Hall–Kier alpha value is -3.31. The van der Waals surface area contributed by atoms with E-state index in [0.29, 0.717) is 12.0 Å². The van der Waals surface area contributed by atoms with Gasteiger partial charge in [-0.05, 0) is 36.3 Å². The van der Waals surface area contributed by atoms with Gasteiger partial charge >= 0.3 is 0 Å². The van der Waals surface area contributed by atoms with Gasteiger partial charge in [0.25, 0.3) is 12.3 Å². The minimum Gasteiger partial charge on any atom is -0.508 e. The number of phenols is 1. The van der Waals surface area contributed by atoms with E-state index in [0.717, 1.165) is 5.56 Å². The summed E-state index contributed by atoms with van der Waals surface area (Å²) < 4.78 is 25.1. The van der Waals surface area contributed by atoms with Crippen LogP contribution in [0.15, 0.2) is 23.0 Å². The van der Waals surface area contributed by atoms with Gasteiger partial charge in [0.2, 0.25) is 5.78 Å². The van der Waals surface area contributed by atoms with Crippen LogP contribution >= 0.6 is 0 Å². The fraction of sp³-hybridized carbons (Fsp3) is 0.458. The van der Waals surface area contributed by atoms with Gasteiger partial charge < -0.3 is 31.5 Å². The van der Waals surface area contributed by atoms with Crippen LogP contribution in [-0.2, 0) is 33.8 Å². The molecule has 3 aliphatic carbocycles. The zero-order valence-corrected chi connectivity index (χ0v) is 18.9. The summed E-state index contributed by atoms with van der Waals surface area (Å²) in [5, 5.41) is 46.4.